The second kappa shape index (κ2) is 8.77. The number of halogens is 2. The van der Waals surface area contributed by atoms with E-state index in [9.17, 15) is 14.4 Å². The molecule has 0 saturated heterocycles. The van der Waals surface area contributed by atoms with E-state index in [-0.39, 0.29) is 23.9 Å². The number of aryl methyl sites for hydroxylation is 2. The first-order valence-electron chi connectivity index (χ1n) is 9.87. The number of nitrogens with one attached hydrogen (secondary N) is 1. The summed E-state index contributed by atoms with van der Waals surface area (Å²) in [6, 6.07) is 8.31. The number of hydrogen-bond donors (Lipinski definition) is 1. The van der Waals surface area contributed by atoms with Gasteiger partial charge in [0.1, 0.15) is 23.3 Å². The molecule has 4 aromatic rings. The summed E-state index contributed by atoms with van der Waals surface area (Å²) in [4.78, 5) is 17.1. The first-order valence-corrected chi connectivity index (χ1v) is 10.2. The number of aromatic nitrogens is 5. The van der Waals surface area contributed by atoms with Gasteiger partial charge < -0.3 is 5.32 Å². The molecule has 3 heterocycles. The van der Waals surface area contributed by atoms with Gasteiger partial charge in [0.15, 0.2) is 5.65 Å². The van der Waals surface area contributed by atoms with Crippen molar-refractivity contribution in [2.24, 2.45) is 0 Å². The Morgan fingerprint density at radius 3 is 2.84 bits per heavy atom. The van der Waals surface area contributed by atoms with Crippen LogP contribution in [0.15, 0.2) is 36.7 Å². The van der Waals surface area contributed by atoms with Gasteiger partial charge in [-0.2, -0.15) is 15.5 Å². The quantitative estimate of drug-likeness (QED) is 0.480. The lowest BCUT2D eigenvalue weighted by atomic mass is 10.1. The van der Waals surface area contributed by atoms with Crippen LogP contribution in [0.25, 0.3) is 5.65 Å². The third-order valence-electron chi connectivity index (χ3n) is 5.23. The molecule has 0 atom stereocenters. The highest BCUT2D eigenvalue weighted by molar-refractivity contribution is 6.30. The van der Waals surface area contributed by atoms with E-state index in [2.05, 4.69) is 26.6 Å². The molecule has 1 N–H and O–H groups in total. The number of nitriles is 1. The number of hydrogen-bond acceptors (Lipinski definition) is 5. The number of nitrogens with zero attached hydrogens (tertiary/aromatic N) is 6. The number of amides is 1. The summed E-state index contributed by atoms with van der Waals surface area (Å²) in [5, 5.41) is 20.5. The number of rotatable bonds is 6. The summed E-state index contributed by atoms with van der Waals surface area (Å²) in [6.07, 6.45) is 3.74. The van der Waals surface area contributed by atoms with Gasteiger partial charge in [-0.1, -0.05) is 17.7 Å². The fourth-order valence-electron chi connectivity index (χ4n) is 3.57. The van der Waals surface area contributed by atoms with Crippen molar-refractivity contribution in [3.8, 4) is 6.07 Å². The van der Waals surface area contributed by atoms with Crippen molar-refractivity contribution in [2.45, 2.75) is 33.2 Å². The lowest BCUT2D eigenvalue weighted by molar-refractivity contribution is -0.116. The fourth-order valence-corrected chi connectivity index (χ4v) is 3.69. The average molecular weight is 452 g/mol. The minimum absolute atomic E-state index is 0.0555. The Morgan fingerprint density at radius 2 is 2.09 bits per heavy atom. The summed E-state index contributed by atoms with van der Waals surface area (Å²) >= 11 is 5.73. The summed E-state index contributed by atoms with van der Waals surface area (Å²) in [7, 11) is 0. The van der Waals surface area contributed by atoms with Crippen LogP contribution in [0.3, 0.4) is 0 Å². The zero-order valence-corrected chi connectivity index (χ0v) is 18.2. The smallest absolute Gasteiger partial charge is 0.225 e. The summed E-state index contributed by atoms with van der Waals surface area (Å²) in [6.45, 7) is 4.04. The van der Waals surface area contributed by atoms with Crippen molar-refractivity contribution in [1.82, 2.24) is 24.4 Å². The van der Waals surface area contributed by atoms with Crippen LogP contribution in [0.1, 0.15) is 34.5 Å². The monoisotopic (exact) mass is 451 g/mol. The molecular formula is C22H19ClFN7O. The molecule has 32 heavy (non-hydrogen) atoms. The number of benzene rings is 1. The van der Waals surface area contributed by atoms with E-state index in [0.717, 1.165) is 17.0 Å². The van der Waals surface area contributed by atoms with Gasteiger partial charge in [-0.15, -0.1) is 0 Å². The molecule has 0 saturated carbocycles. The first-order chi connectivity index (χ1) is 15.4. The van der Waals surface area contributed by atoms with Gasteiger partial charge >= 0.3 is 0 Å². The van der Waals surface area contributed by atoms with Crippen molar-refractivity contribution in [3.05, 3.63) is 75.6 Å². The highest BCUT2D eigenvalue weighted by Gasteiger charge is 2.15. The Kier molecular flexibility index (Phi) is 5.88. The zero-order chi connectivity index (χ0) is 22.8. The summed E-state index contributed by atoms with van der Waals surface area (Å²) in [5.74, 6) is -0.179. The Balaban J connectivity index is 1.45. The molecule has 0 aliphatic rings. The molecule has 3 aromatic heterocycles. The molecule has 10 heteroatoms. The molecule has 0 spiro atoms. The highest BCUT2D eigenvalue weighted by Crippen LogP contribution is 2.20. The fraction of sp³-hybridized carbons (Fsp3) is 0.227. The third kappa shape index (κ3) is 4.18. The molecular weight excluding hydrogens is 433 g/mol. The second-order valence-corrected chi connectivity index (χ2v) is 7.74. The third-order valence-corrected chi connectivity index (χ3v) is 5.54. The minimum Gasteiger partial charge on any atom is -0.311 e. The minimum atomic E-state index is -0.503. The Labute approximate surface area is 188 Å². The van der Waals surface area contributed by atoms with Gasteiger partial charge in [0, 0.05) is 23.9 Å². The Morgan fingerprint density at radius 1 is 1.28 bits per heavy atom. The number of carbonyl (C=O) groups excluding carboxylic acids is 1. The number of carbonyl (C=O) groups is 1. The standard InChI is InChI=1S/C22H19ClFN7O/c1-13-17(14(2)31-22(28-13)16(10-25)11-27-31)4-6-21(32)29-20-7-8-26-30(20)12-15-3-5-18(23)19(24)9-15/h3,5,7-9,11H,4,6,12H2,1-2H3,(H,29,32). The maximum Gasteiger partial charge on any atom is 0.225 e. The Hall–Kier alpha value is -3.77. The summed E-state index contributed by atoms with van der Waals surface area (Å²) in [5.41, 5.74) is 4.11. The lowest BCUT2D eigenvalue weighted by Crippen LogP contribution is -2.17. The van der Waals surface area contributed by atoms with E-state index in [1.54, 1.807) is 27.5 Å². The van der Waals surface area contributed by atoms with Crippen molar-refractivity contribution >= 4 is 29.0 Å². The van der Waals surface area contributed by atoms with Crippen molar-refractivity contribution in [3.63, 3.8) is 0 Å². The van der Waals surface area contributed by atoms with Gasteiger partial charge in [-0.3, -0.25) is 4.79 Å². The van der Waals surface area contributed by atoms with Gasteiger partial charge in [-0.25, -0.2) is 18.6 Å². The van der Waals surface area contributed by atoms with E-state index in [1.165, 1.54) is 18.3 Å². The van der Waals surface area contributed by atoms with Crippen LogP contribution < -0.4 is 5.32 Å². The van der Waals surface area contributed by atoms with Gasteiger partial charge in [0.05, 0.1) is 24.0 Å². The zero-order valence-electron chi connectivity index (χ0n) is 17.4. The molecule has 1 amide bonds. The van der Waals surface area contributed by atoms with Crippen LogP contribution in [0.4, 0.5) is 10.2 Å². The predicted molar refractivity (Wildman–Crippen MR) is 117 cm³/mol. The van der Waals surface area contributed by atoms with E-state index in [1.807, 2.05) is 13.8 Å². The van der Waals surface area contributed by atoms with Crippen LogP contribution in [-0.4, -0.2) is 30.3 Å². The molecule has 0 unspecified atom stereocenters. The van der Waals surface area contributed by atoms with Crippen LogP contribution in [-0.2, 0) is 17.8 Å². The first kappa shape index (κ1) is 21.5. The maximum atomic E-state index is 13.7. The van der Waals surface area contributed by atoms with E-state index in [4.69, 9.17) is 11.6 Å². The van der Waals surface area contributed by atoms with Crippen LogP contribution >= 0.6 is 11.6 Å². The molecule has 1 aromatic carbocycles. The Bertz CT molecular complexity index is 1370. The van der Waals surface area contributed by atoms with Crippen LogP contribution in [0.2, 0.25) is 5.02 Å². The maximum absolute atomic E-state index is 13.7. The SMILES string of the molecule is Cc1nc2c(C#N)cnn2c(C)c1CCC(=O)Nc1ccnn1Cc1ccc(Cl)c(F)c1. The molecule has 162 valence electrons. The molecule has 0 aliphatic heterocycles. The topological polar surface area (TPSA) is 101 Å². The molecule has 0 radical (unpaired) electrons. The average Bonchev–Trinajstić information content (AvgIpc) is 3.37. The van der Waals surface area contributed by atoms with E-state index in [0.29, 0.717) is 29.0 Å². The summed E-state index contributed by atoms with van der Waals surface area (Å²) < 4.78 is 16.9. The normalized spacial score (nSPS) is 11.0. The lowest BCUT2D eigenvalue weighted by Gasteiger charge is -2.12. The highest BCUT2D eigenvalue weighted by atomic mass is 35.5. The number of anilines is 1. The largest absolute Gasteiger partial charge is 0.311 e. The van der Waals surface area contributed by atoms with Crippen LogP contribution in [0.5, 0.6) is 0 Å². The van der Waals surface area contributed by atoms with Crippen molar-refractivity contribution in [1.29, 1.82) is 5.26 Å². The number of fused-ring (bicyclic) bond motifs is 1. The van der Waals surface area contributed by atoms with E-state index >= 15 is 0 Å². The van der Waals surface area contributed by atoms with Gasteiger partial charge in [-0.05, 0) is 43.5 Å². The molecule has 4 rings (SSSR count). The predicted octanol–water partition coefficient (Wildman–Crippen LogP) is 3.83. The second-order valence-electron chi connectivity index (χ2n) is 7.34. The van der Waals surface area contributed by atoms with E-state index < -0.39 is 5.82 Å². The van der Waals surface area contributed by atoms with Gasteiger partial charge in [0.2, 0.25) is 5.91 Å². The molecule has 0 aliphatic carbocycles. The molecule has 0 fully saturated rings. The van der Waals surface area contributed by atoms with Gasteiger partial charge in [0.25, 0.3) is 0 Å². The molecule has 8 nitrogen and oxygen atoms in total. The van der Waals surface area contributed by atoms with Crippen LogP contribution in [0, 0.1) is 31.0 Å². The van der Waals surface area contributed by atoms with Crippen molar-refractivity contribution in [2.75, 3.05) is 5.32 Å². The molecule has 0 bridgehead atoms. The van der Waals surface area contributed by atoms with Crippen molar-refractivity contribution < 1.29 is 9.18 Å².